The lowest BCUT2D eigenvalue weighted by atomic mass is 9.83. The zero-order valence-electron chi connectivity index (χ0n) is 22.2. The van der Waals surface area contributed by atoms with Crippen LogP contribution < -0.4 is 19.2 Å². The molecule has 42 heavy (non-hydrogen) atoms. The fraction of sp³-hybridized carbons (Fsp3) is 0.233. The van der Waals surface area contributed by atoms with E-state index >= 15 is 0 Å². The summed E-state index contributed by atoms with van der Waals surface area (Å²) in [5.41, 5.74) is 1.57. The minimum atomic E-state index is -4.64. The van der Waals surface area contributed by atoms with Gasteiger partial charge in [0.05, 0.1) is 29.3 Å². The summed E-state index contributed by atoms with van der Waals surface area (Å²) in [7, 11) is 1.49. The van der Waals surface area contributed by atoms with Gasteiger partial charge in [0.1, 0.15) is 11.9 Å². The number of thiazole rings is 1. The first kappa shape index (κ1) is 28.1. The van der Waals surface area contributed by atoms with Crippen LogP contribution in [0.2, 0.25) is 0 Å². The molecule has 1 aromatic heterocycles. The van der Waals surface area contributed by atoms with Gasteiger partial charge in [0.25, 0.3) is 0 Å². The van der Waals surface area contributed by atoms with Gasteiger partial charge >= 0.3 is 11.0 Å². The van der Waals surface area contributed by atoms with Gasteiger partial charge in [0.15, 0.2) is 11.5 Å². The average molecular weight is 613 g/mol. The highest BCUT2D eigenvalue weighted by molar-refractivity contribution is 8.00. The highest BCUT2D eigenvalue weighted by atomic mass is 32.2. The quantitative estimate of drug-likeness (QED) is 0.263. The normalized spacial score (nSPS) is 19.9. The first-order valence-electron chi connectivity index (χ1n) is 12.9. The molecule has 4 aromatic rings. The number of rotatable bonds is 6. The van der Waals surface area contributed by atoms with Crippen molar-refractivity contribution in [3.63, 3.8) is 0 Å². The number of aryl methyl sites for hydroxylation is 1. The van der Waals surface area contributed by atoms with Gasteiger partial charge in [-0.3, -0.25) is 14.4 Å². The maximum atomic E-state index is 13.9. The molecule has 2 aliphatic heterocycles. The van der Waals surface area contributed by atoms with Crippen molar-refractivity contribution in [2.24, 2.45) is 5.92 Å². The van der Waals surface area contributed by atoms with Gasteiger partial charge in [0, 0.05) is 10.8 Å². The van der Waals surface area contributed by atoms with Crippen LogP contribution in [0.15, 0.2) is 76.6 Å². The number of imide groups is 1. The van der Waals surface area contributed by atoms with Crippen LogP contribution in [0.4, 0.5) is 18.9 Å². The molecule has 3 heterocycles. The number of thioether (sulfide) groups is 1. The van der Waals surface area contributed by atoms with Crippen LogP contribution in [0.1, 0.15) is 33.0 Å². The summed E-state index contributed by atoms with van der Waals surface area (Å²) in [4.78, 5) is 43.7. The largest absolute Gasteiger partial charge is 0.493 e. The summed E-state index contributed by atoms with van der Waals surface area (Å²) in [6, 6.07) is 17.2. The molecule has 0 saturated carbocycles. The van der Waals surface area contributed by atoms with Crippen molar-refractivity contribution in [2.45, 2.75) is 35.9 Å². The highest BCUT2D eigenvalue weighted by Gasteiger charge is 2.56. The number of hydrogen-bond acceptors (Lipinski definition) is 7. The number of aromatic amines is 1. The number of aromatic nitrogens is 1. The Morgan fingerprint density at radius 2 is 1.74 bits per heavy atom. The molecule has 0 radical (unpaired) electrons. The number of H-pyrrole nitrogens is 1. The Hall–Kier alpha value is -4.03. The molecule has 0 aliphatic carbocycles. The van der Waals surface area contributed by atoms with Crippen molar-refractivity contribution in [1.82, 2.24) is 4.98 Å². The lowest BCUT2D eigenvalue weighted by molar-refractivity contribution is -0.137. The molecule has 3 aromatic carbocycles. The van der Waals surface area contributed by atoms with E-state index in [-0.39, 0.29) is 10.6 Å². The van der Waals surface area contributed by atoms with Crippen molar-refractivity contribution in [1.29, 1.82) is 0 Å². The molecule has 0 bridgehead atoms. The molecule has 1 fully saturated rings. The van der Waals surface area contributed by atoms with Gasteiger partial charge in [-0.15, -0.1) is 0 Å². The third-order valence-corrected chi connectivity index (χ3v) is 9.85. The van der Waals surface area contributed by atoms with Gasteiger partial charge < -0.3 is 14.5 Å². The number of methoxy groups -OCH3 is 1. The van der Waals surface area contributed by atoms with Crippen LogP contribution in [0.3, 0.4) is 0 Å². The number of benzene rings is 3. The second-order valence-corrected chi connectivity index (χ2v) is 12.1. The van der Waals surface area contributed by atoms with E-state index in [1.165, 1.54) is 19.2 Å². The van der Waals surface area contributed by atoms with E-state index in [0.29, 0.717) is 33.6 Å². The zero-order chi connectivity index (χ0) is 29.8. The van der Waals surface area contributed by atoms with Gasteiger partial charge in [-0.25, -0.2) is 4.90 Å². The van der Waals surface area contributed by atoms with Crippen molar-refractivity contribution >= 4 is 40.6 Å². The number of amides is 2. The second kappa shape index (κ2) is 10.7. The first-order chi connectivity index (χ1) is 20.1. The fourth-order valence-corrected chi connectivity index (χ4v) is 7.89. The molecule has 3 unspecified atom stereocenters. The molecule has 1 saturated heterocycles. The van der Waals surface area contributed by atoms with E-state index in [9.17, 15) is 27.6 Å². The third-order valence-electron chi connectivity index (χ3n) is 7.45. The van der Waals surface area contributed by atoms with E-state index in [1.807, 2.05) is 31.2 Å². The Balaban J connectivity index is 1.38. The van der Waals surface area contributed by atoms with Crippen LogP contribution >= 0.6 is 23.1 Å². The van der Waals surface area contributed by atoms with Gasteiger partial charge in [-0.1, -0.05) is 59.5 Å². The minimum Gasteiger partial charge on any atom is -0.493 e. The van der Waals surface area contributed by atoms with Gasteiger partial charge in [-0.05, 0) is 53.9 Å². The molecule has 2 amide bonds. The van der Waals surface area contributed by atoms with Gasteiger partial charge in [0.2, 0.25) is 11.8 Å². The molecular weight excluding hydrogens is 589 g/mol. The zero-order valence-corrected chi connectivity index (χ0v) is 23.9. The summed E-state index contributed by atoms with van der Waals surface area (Å²) >= 11 is 1.99. The van der Waals surface area contributed by atoms with Crippen molar-refractivity contribution in [3.8, 4) is 11.5 Å². The predicted molar refractivity (Wildman–Crippen MR) is 152 cm³/mol. The van der Waals surface area contributed by atoms with Crippen LogP contribution in [-0.4, -0.2) is 29.2 Å². The topological polar surface area (TPSA) is 88.7 Å². The lowest BCUT2D eigenvalue weighted by Gasteiger charge is -2.30. The standard InChI is InChI=1S/C30H23F3N2O5S2/c1-15-6-3-4-7-17(15)14-40-20-11-10-16(12-21(20)39-2)22-23-25(41-26-24(22)42-29(38)34-26)28(37)35(27(23)36)19-9-5-8-18(13-19)30(31,32)33/h3-13,22-23,25H,14H2,1-2H3,(H,34,38). The van der Waals surface area contributed by atoms with E-state index < -0.39 is 40.6 Å². The Labute approximate surface area is 246 Å². The van der Waals surface area contributed by atoms with Crippen LogP contribution in [0, 0.1) is 12.8 Å². The number of carbonyl (C=O) groups excluding carboxylic acids is 2. The van der Waals surface area contributed by atoms with E-state index in [0.717, 1.165) is 51.3 Å². The average Bonchev–Trinajstić information content (AvgIpc) is 3.46. The van der Waals surface area contributed by atoms with Crippen molar-refractivity contribution in [3.05, 3.63) is 104 Å². The van der Waals surface area contributed by atoms with E-state index in [4.69, 9.17) is 9.47 Å². The van der Waals surface area contributed by atoms with Crippen LogP contribution in [0.5, 0.6) is 11.5 Å². The predicted octanol–water partition coefficient (Wildman–Crippen LogP) is 6.15. The molecule has 216 valence electrons. The molecule has 2 aliphatic rings. The Morgan fingerprint density at radius 1 is 0.952 bits per heavy atom. The number of anilines is 1. The first-order valence-corrected chi connectivity index (χ1v) is 14.6. The molecule has 3 atom stereocenters. The molecule has 1 N–H and O–H groups in total. The summed E-state index contributed by atoms with van der Waals surface area (Å²) in [5.74, 6) is -2.09. The number of fused-ring (bicyclic) bond motifs is 2. The smallest absolute Gasteiger partial charge is 0.416 e. The number of nitrogens with zero attached hydrogens (tertiary/aromatic N) is 1. The summed E-state index contributed by atoms with van der Waals surface area (Å²) in [6.45, 7) is 2.29. The number of alkyl halides is 3. The van der Waals surface area contributed by atoms with Crippen molar-refractivity contribution in [2.75, 3.05) is 12.0 Å². The minimum absolute atomic E-state index is 0.150. The number of ether oxygens (including phenoxy) is 2. The highest BCUT2D eigenvalue weighted by Crippen LogP contribution is 2.54. The maximum absolute atomic E-state index is 13.9. The fourth-order valence-electron chi connectivity index (χ4n) is 5.38. The Kier molecular flexibility index (Phi) is 7.14. The van der Waals surface area contributed by atoms with Gasteiger partial charge in [-0.2, -0.15) is 13.2 Å². The maximum Gasteiger partial charge on any atom is 0.416 e. The third kappa shape index (κ3) is 4.88. The SMILES string of the molecule is COc1cc(C2c3sc(=O)[nH]c3SC3C(=O)N(c4cccc(C(F)(F)F)c4)C(=O)C32)ccc1OCc1ccccc1C. The summed E-state index contributed by atoms with van der Waals surface area (Å²) in [5, 5.41) is -0.486. The number of nitrogens with one attached hydrogen (secondary N) is 1. The molecule has 7 nitrogen and oxygen atoms in total. The monoisotopic (exact) mass is 612 g/mol. The molecule has 0 spiro atoms. The van der Waals surface area contributed by atoms with Crippen LogP contribution in [0.25, 0.3) is 0 Å². The molecule has 6 rings (SSSR count). The molecular formula is C30H23F3N2O5S2. The Morgan fingerprint density at radius 3 is 2.48 bits per heavy atom. The van der Waals surface area contributed by atoms with E-state index in [2.05, 4.69) is 4.98 Å². The summed E-state index contributed by atoms with van der Waals surface area (Å²) in [6.07, 6.45) is -4.64. The lowest BCUT2D eigenvalue weighted by Crippen LogP contribution is -2.32. The molecule has 12 heteroatoms. The van der Waals surface area contributed by atoms with E-state index in [1.54, 1.807) is 18.2 Å². The number of carbonyl (C=O) groups is 2. The summed E-state index contributed by atoms with van der Waals surface area (Å²) < 4.78 is 52.0. The second-order valence-electron chi connectivity index (χ2n) is 9.94. The van der Waals surface area contributed by atoms with Crippen molar-refractivity contribution < 1.29 is 32.2 Å². The number of halogens is 3. The Bertz CT molecular complexity index is 1770. The van der Waals surface area contributed by atoms with Crippen LogP contribution in [-0.2, 0) is 22.4 Å². The number of hydrogen-bond donors (Lipinski definition) is 1.